The van der Waals surface area contributed by atoms with Gasteiger partial charge in [-0.15, -0.1) is 0 Å². The van der Waals surface area contributed by atoms with Gasteiger partial charge in [-0.25, -0.2) is 4.39 Å². The molecule has 60 valence electrons. The zero-order chi connectivity index (χ0) is 8.15. The Morgan fingerprint density at radius 2 is 2.20 bits per heavy atom. The first kappa shape index (κ1) is 9.36. The molecule has 0 radical (unpaired) electrons. The summed E-state index contributed by atoms with van der Waals surface area (Å²) in [4.78, 5) is 11.6. The van der Waals surface area contributed by atoms with E-state index in [4.69, 9.17) is 5.11 Å². The quantitative estimate of drug-likeness (QED) is 0.627. The summed E-state index contributed by atoms with van der Waals surface area (Å²) in [6, 6.07) is 0. The van der Waals surface area contributed by atoms with Gasteiger partial charge in [0.05, 0.1) is 6.42 Å². The lowest BCUT2D eigenvalue weighted by Crippen LogP contribution is -2.24. The van der Waals surface area contributed by atoms with Gasteiger partial charge in [0.1, 0.15) is 6.17 Å². The third kappa shape index (κ3) is 5.50. The van der Waals surface area contributed by atoms with E-state index in [0.717, 1.165) is 0 Å². The van der Waals surface area contributed by atoms with Crippen molar-refractivity contribution in [1.82, 2.24) is 4.90 Å². The normalized spacial score (nSPS) is 13.6. The molecule has 1 N–H and O–H groups in total. The van der Waals surface area contributed by atoms with Gasteiger partial charge in [0.2, 0.25) is 0 Å². The van der Waals surface area contributed by atoms with E-state index in [0.29, 0.717) is 0 Å². The summed E-state index contributed by atoms with van der Waals surface area (Å²) >= 11 is 0. The Hall–Kier alpha value is -0.640. The van der Waals surface area contributed by atoms with Crippen molar-refractivity contribution in [3.8, 4) is 0 Å². The van der Waals surface area contributed by atoms with Crippen LogP contribution in [0.1, 0.15) is 6.42 Å². The molecule has 0 amide bonds. The van der Waals surface area contributed by atoms with E-state index in [2.05, 4.69) is 0 Å². The molecule has 0 heterocycles. The fraction of sp³-hybridized carbons (Fsp3) is 0.833. The molecule has 3 nitrogen and oxygen atoms in total. The van der Waals surface area contributed by atoms with Crippen LogP contribution in [0.5, 0.6) is 0 Å². The average Bonchev–Trinajstić information content (AvgIpc) is 1.58. The third-order valence-corrected chi connectivity index (χ3v) is 0.959. The van der Waals surface area contributed by atoms with E-state index in [9.17, 15) is 9.18 Å². The monoisotopic (exact) mass is 149 g/mol. The summed E-state index contributed by atoms with van der Waals surface area (Å²) in [5, 5.41) is 8.14. The third-order valence-electron chi connectivity index (χ3n) is 0.959. The van der Waals surface area contributed by atoms with Crippen molar-refractivity contribution >= 4 is 5.97 Å². The van der Waals surface area contributed by atoms with Gasteiger partial charge < -0.3 is 10.0 Å². The van der Waals surface area contributed by atoms with Crippen LogP contribution in [-0.2, 0) is 4.79 Å². The van der Waals surface area contributed by atoms with E-state index in [1.165, 1.54) is 0 Å². The molecule has 0 aliphatic rings. The van der Waals surface area contributed by atoms with E-state index >= 15 is 0 Å². The van der Waals surface area contributed by atoms with Gasteiger partial charge >= 0.3 is 5.97 Å². The molecule has 4 heteroatoms. The summed E-state index contributed by atoms with van der Waals surface area (Å²) in [7, 11) is 3.41. The van der Waals surface area contributed by atoms with Gasteiger partial charge in [0.15, 0.2) is 0 Å². The minimum absolute atomic E-state index is 0.173. The van der Waals surface area contributed by atoms with Gasteiger partial charge in [-0.1, -0.05) is 0 Å². The number of hydrogen-bond acceptors (Lipinski definition) is 2. The fourth-order valence-electron chi connectivity index (χ4n) is 0.650. The van der Waals surface area contributed by atoms with E-state index in [-0.39, 0.29) is 6.54 Å². The number of aliphatic carboxylic acids is 1. The number of hydrogen-bond donors (Lipinski definition) is 1. The zero-order valence-corrected chi connectivity index (χ0v) is 6.17. The minimum atomic E-state index is -1.26. The Balaban J connectivity index is 3.43. The molecule has 0 saturated heterocycles. The molecule has 0 spiro atoms. The lowest BCUT2D eigenvalue weighted by Gasteiger charge is -2.11. The molecule has 10 heavy (non-hydrogen) atoms. The Kier molecular flexibility index (Phi) is 3.95. The van der Waals surface area contributed by atoms with Crippen molar-refractivity contribution in [2.75, 3.05) is 20.6 Å². The molecular formula is C6H12FNO2. The van der Waals surface area contributed by atoms with E-state index < -0.39 is 18.6 Å². The van der Waals surface area contributed by atoms with Crippen molar-refractivity contribution in [3.63, 3.8) is 0 Å². The molecule has 0 rings (SSSR count). The smallest absolute Gasteiger partial charge is 0.306 e. The number of carboxylic acids is 1. The summed E-state index contributed by atoms with van der Waals surface area (Å²) in [5.41, 5.74) is 0. The maximum absolute atomic E-state index is 12.5. The predicted octanol–water partition coefficient (Wildman–Crippen LogP) is 0.361. The molecular weight excluding hydrogens is 137 g/mol. The summed E-state index contributed by atoms with van der Waals surface area (Å²) in [6.07, 6.45) is -1.66. The standard InChI is InChI=1S/C6H12FNO2/c1-8(2)4-5(7)3-6(9)10/h5H,3-4H2,1-2H3,(H,9,10). The molecule has 0 aromatic rings. The first-order valence-corrected chi connectivity index (χ1v) is 3.03. The number of halogens is 1. The van der Waals surface area contributed by atoms with Crippen LogP contribution in [0, 0.1) is 0 Å². The van der Waals surface area contributed by atoms with Gasteiger partial charge in [0, 0.05) is 6.54 Å². The Morgan fingerprint density at radius 1 is 1.70 bits per heavy atom. The lowest BCUT2D eigenvalue weighted by atomic mass is 10.3. The van der Waals surface area contributed by atoms with E-state index in [1.807, 2.05) is 0 Å². The van der Waals surface area contributed by atoms with Crippen LogP contribution in [0.3, 0.4) is 0 Å². The topological polar surface area (TPSA) is 40.5 Å². The Bertz CT molecular complexity index is 116. The Morgan fingerprint density at radius 3 is 2.50 bits per heavy atom. The van der Waals surface area contributed by atoms with Crippen LogP contribution in [0.15, 0.2) is 0 Å². The van der Waals surface area contributed by atoms with Crippen molar-refractivity contribution < 1.29 is 14.3 Å². The average molecular weight is 149 g/mol. The molecule has 0 saturated carbocycles. The molecule has 0 aliphatic heterocycles. The maximum Gasteiger partial charge on any atom is 0.306 e. The van der Waals surface area contributed by atoms with Crippen molar-refractivity contribution in [2.24, 2.45) is 0 Å². The number of carboxylic acid groups (broad SMARTS) is 1. The van der Waals surface area contributed by atoms with Crippen LogP contribution in [0.2, 0.25) is 0 Å². The molecule has 0 fully saturated rings. The highest BCUT2D eigenvalue weighted by Gasteiger charge is 2.11. The van der Waals surface area contributed by atoms with Crippen LogP contribution >= 0.6 is 0 Å². The van der Waals surface area contributed by atoms with Crippen molar-refractivity contribution in [2.45, 2.75) is 12.6 Å². The van der Waals surface area contributed by atoms with Crippen molar-refractivity contribution in [1.29, 1.82) is 0 Å². The highest BCUT2D eigenvalue weighted by Crippen LogP contribution is 1.98. The molecule has 0 aliphatic carbocycles. The predicted molar refractivity (Wildman–Crippen MR) is 35.7 cm³/mol. The lowest BCUT2D eigenvalue weighted by molar-refractivity contribution is -0.138. The second kappa shape index (κ2) is 4.22. The number of rotatable bonds is 4. The number of alkyl halides is 1. The first-order chi connectivity index (χ1) is 4.52. The van der Waals surface area contributed by atoms with Gasteiger partial charge in [-0.05, 0) is 14.1 Å². The zero-order valence-electron chi connectivity index (χ0n) is 6.17. The SMILES string of the molecule is CN(C)CC(F)CC(=O)O. The largest absolute Gasteiger partial charge is 0.481 e. The minimum Gasteiger partial charge on any atom is -0.481 e. The van der Waals surface area contributed by atoms with Crippen LogP contribution in [-0.4, -0.2) is 42.8 Å². The molecule has 0 aromatic heterocycles. The summed E-state index contributed by atoms with van der Waals surface area (Å²) in [5.74, 6) is -1.09. The summed E-state index contributed by atoms with van der Waals surface area (Å²) < 4.78 is 12.5. The van der Waals surface area contributed by atoms with Crippen LogP contribution in [0.4, 0.5) is 4.39 Å². The summed E-state index contributed by atoms with van der Waals surface area (Å²) in [6.45, 7) is 0.173. The molecule has 0 aromatic carbocycles. The maximum atomic E-state index is 12.5. The second-order valence-electron chi connectivity index (χ2n) is 2.46. The van der Waals surface area contributed by atoms with E-state index in [1.54, 1.807) is 19.0 Å². The number of nitrogens with zero attached hydrogens (tertiary/aromatic N) is 1. The van der Waals surface area contributed by atoms with Crippen LogP contribution in [0.25, 0.3) is 0 Å². The second-order valence-corrected chi connectivity index (χ2v) is 2.46. The highest BCUT2D eigenvalue weighted by atomic mass is 19.1. The fourth-order valence-corrected chi connectivity index (χ4v) is 0.650. The van der Waals surface area contributed by atoms with Gasteiger partial charge in [-0.3, -0.25) is 4.79 Å². The van der Waals surface area contributed by atoms with Crippen LogP contribution < -0.4 is 0 Å². The van der Waals surface area contributed by atoms with Crippen molar-refractivity contribution in [3.05, 3.63) is 0 Å². The Labute approximate surface area is 59.4 Å². The van der Waals surface area contributed by atoms with Gasteiger partial charge in [0.25, 0.3) is 0 Å². The molecule has 1 atom stereocenters. The molecule has 1 unspecified atom stereocenters. The first-order valence-electron chi connectivity index (χ1n) is 3.03. The number of carbonyl (C=O) groups is 1. The van der Waals surface area contributed by atoms with Gasteiger partial charge in [-0.2, -0.15) is 0 Å². The highest BCUT2D eigenvalue weighted by molar-refractivity contribution is 5.67. The molecule has 0 bridgehead atoms.